The first-order chi connectivity index (χ1) is 7.48. The molecule has 0 saturated heterocycles. The Hall–Kier alpha value is -1.20. The van der Waals surface area contributed by atoms with E-state index in [4.69, 9.17) is 10.6 Å². The molecule has 1 rings (SSSR count). The van der Waals surface area contributed by atoms with Crippen LogP contribution in [-0.2, 0) is 0 Å². The summed E-state index contributed by atoms with van der Waals surface area (Å²) in [4.78, 5) is 8.39. The Morgan fingerprint density at radius 3 is 2.50 bits per heavy atom. The average Bonchev–Trinajstić information content (AvgIpc) is 2.24. The van der Waals surface area contributed by atoms with Gasteiger partial charge in [0, 0.05) is 12.4 Å². The molecule has 0 aliphatic heterocycles. The highest BCUT2D eigenvalue weighted by Crippen LogP contribution is 2.30. The molecular weight excluding hydrogens is 204 g/mol. The molecule has 0 fully saturated rings. The van der Waals surface area contributed by atoms with Crippen molar-refractivity contribution in [1.82, 2.24) is 15.4 Å². The van der Waals surface area contributed by atoms with E-state index < -0.39 is 0 Å². The summed E-state index contributed by atoms with van der Waals surface area (Å²) in [5.41, 5.74) is 3.67. The fraction of sp³-hybridized carbons (Fsp3) is 0.636. The Balaban J connectivity index is 2.94. The average molecular weight is 224 g/mol. The fourth-order valence-electron chi connectivity index (χ4n) is 1.58. The zero-order chi connectivity index (χ0) is 12.2. The standard InChI is InChI=1S/C11H20N4O/c1-11(2,3)7-8(15-12)9-10(16-4)14-6-5-13-9/h5-6,8,15H,7,12H2,1-4H3. The molecule has 1 aromatic rings. The van der Waals surface area contributed by atoms with Crippen molar-refractivity contribution < 1.29 is 4.74 Å². The van der Waals surface area contributed by atoms with Crippen molar-refractivity contribution in [2.24, 2.45) is 11.3 Å². The second kappa shape index (κ2) is 5.23. The predicted octanol–water partition coefficient (Wildman–Crippen LogP) is 1.43. The molecule has 5 nitrogen and oxygen atoms in total. The number of nitrogens with one attached hydrogen (secondary N) is 1. The largest absolute Gasteiger partial charge is 0.480 e. The molecule has 1 aromatic heterocycles. The van der Waals surface area contributed by atoms with Crippen LogP contribution in [0.2, 0.25) is 0 Å². The molecule has 5 heteroatoms. The molecule has 1 atom stereocenters. The van der Waals surface area contributed by atoms with E-state index in [0.29, 0.717) is 5.88 Å². The smallest absolute Gasteiger partial charge is 0.237 e. The summed E-state index contributed by atoms with van der Waals surface area (Å²) < 4.78 is 5.17. The molecule has 0 aliphatic rings. The highest BCUT2D eigenvalue weighted by atomic mass is 16.5. The number of hydrogen-bond donors (Lipinski definition) is 2. The number of hydrazine groups is 1. The van der Waals surface area contributed by atoms with Crippen LogP contribution in [0.4, 0.5) is 0 Å². The number of nitrogens with two attached hydrogens (primary N) is 1. The van der Waals surface area contributed by atoms with Crippen molar-refractivity contribution in [2.75, 3.05) is 7.11 Å². The maximum Gasteiger partial charge on any atom is 0.237 e. The third-order valence-electron chi connectivity index (χ3n) is 2.23. The van der Waals surface area contributed by atoms with Gasteiger partial charge in [-0.25, -0.2) is 4.98 Å². The van der Waals surface area contributed by atoms with Gasteiger partial charge in [0.05, 0.1) is 13.2 Å². The van der Waals surface area contributed by atoms with Crippen molar-refractivity contribution >= 4 is 0 Å². The fourth-order valence-corrected chi connectivity index (χ4v) is 1.58. The SMILES string of the molecule is COc1nccnc1C(CC(C)(C)C)NN. The van der Waals surface area contributed by atoms with Gasteiger partial charge < -0.3 is 4.74 Å². The van der Waals surface area contributed by atoms with Crippen LogP contribution in [0.1, 0.15) is 38.9 Å². The van der Waals surface area contributed by atoms with Gasteiger partial charge in [-0.15, -0.1) is 0 Å². The molecule has 0 saturated carbocycles. The van der Waals surface area contributed by atoms with Gasteiger partial charge in [-0.2, -0.15) is 0 Å². The lowest BCUT2D eigenvalue weighted by Crippen LogP contribution is -2.32. The van der Waals surface area contributed by atoms with Gasteiger partial charge in [-0.3, -0.25) is 16.3 Å². The quantitative estimate of drug-likeness (QED) is 0.598. The molecule has 1 unspecified atom stereocenters. The molecule has 0 amide bonds. The van der Waals surface area contributed by atoms with Crippen LogP contribution >= 0.6 is 0 Å². The first-order valence-electron chi connectivity index (χ1n) is 5.29. The summed E-state index contributed by atoms with van der Waals surface area (Å²) in [6.45, 7) is 6.46. The summed E-state index contributed by atoms with van der Waals surface area (Å²) in [5.74, 6) is 6.09. The molecule has 0 radical (unpaired) electrons. The van der Waals surface area contributed by atoms with Gasteiger partial charge in [0.15, 0.2) is 0 Å². The van der Waals surface area contributed by atoms with Crippen LogP contribution in [0.15, 0.2) is 12.4 Å². The summed E-state index contributed by atoms with van der Waals surface area (Å²) in [6.07, 6.45) is 4.11. The van der Waals surface area contributed by atoms with Gasteiger partial charge >= 0.3 is 0 Å². The van der Waals surface area contributed by atoms with Gasteiger partial charge in [0.1, 0.15) is 5.69 Å². The molecule has 3 N–H and O–H groups in total. The molecule has 90 valence electrons. The van der Waals surface area contributed by atoms with Crippen molar-refractivity contribution in [2.45, 2.75) is 33.2 Å². The number of methoxy groups -OCH3 is 1. The number of aromatic nitrogens is 2. The third-order valence-corrected chi connectivity index (χ3v) is 2.23. The van der Waals surface area contributed by atoms with Crippen LogP contribution in [-0.4, -0.2) is 17.1 Å². The van der Waals surface area contributed by atoms with Gasteiger partial charge in [0.25, 0.3) is 0 Å². The summed E-state index contributed by atoms with van der Waals surface area (Å²) >= 11 is 0. The minimum Gasteiger partial charge on any atom is -0.480 e. The maximum atomic E-state index is 5.56. The zero-order valence-electron chi connectivity index (χ0n) is 10.3. The summed E-state index contributed by atoms with van der Waals surface area (Å²) in [7, 11) is 1.58. The van der Waals surface area contributed by atoms with Crippen molar-refractivity contribution in [3.63, 3.8) is 0 Å². The van der Waals surface area contributed by atoms with Crippen LogP contribution in [0.25, 0.3) is 0 Å². The van der Waals surface area contributed by atoms with E-state index in [9.17, 15) is 0 Å². The lowest BCUT2D eigenvalue weighted by Gasteiger charge is -2.25. The lowest BCUT2D eigenvalue weighted by molar-refractivity contribution is 0.299. The number of hydrogen-bond acceptors (Lipinski definition) is 5. The summed E-state index contributed by atoms with van der Waals surface area (Å²) in [6, 6.07) is -0.0522. The second-order valence-electron chi connectivity index (χ2n) is 4.93. The number of rotatable bonds is 4. The minimum atomic E-state index is -0.0522. The van der Waals surface area contributed by atoms with Crippen LogP contribution in [0, 0.1) is 5.41 Å². The highest BCUT2D eigenvalue weighted by Gasteiger charge is 2.23. The monoisotopic (exact) mass is 224 g/mol. The van der Waals surface area contributed by atoms with Crippen LogP contribution in [0.5, 0.6) is 5.88 Å². The first kappa shape index (κ1) is 12.9. The van der Waals surface area contributed by atoms with Crippen molar-refractivity contribution in [3.05, 3.63) is 18.1 Å². The summed E-state index contributed by atoms with van der Waals surface area (Å²) in [5, 5.41) is 0. The molecule has 1 heterocycles. The van der Waals surface area contributed by atoms with Gasteiger partial charge in [0.2, 0.25) is 5.88 Å². The molecule has 16 heavy (non-hydrogen) atoms. The van der Waals surface area contributed by atoms with E-state index in [1.807, 2.05) is 0 Å². The van der Waals surface area contributed by atoms with E-state index in [1.54, 1.807) is 19.5 Å². The second-order valence-corrected chi connectivity index (χ2v) is 4.93. The zero-order valence-corrected chi connectivity index (χ0v) is 10.3. The van der Waals surface area contributed by atoms with E-state index in [0.717, 1.165) is 12.1 Å². The lowest BCUT2D eigenvalue weighted by atomic mass is 9.87. The molecule has 0 aromatic carbocycles. The molecule has 0 aliphatic carbocycles. The highest BCUT2D eigenvalue weighted by molar-refractivity contribution is 5.21. The Morgan fingerprint density at radius 2 is 2.00 bits per heavy atom. The number of nitrogens with zero attached hydrogens (tertiary/aromatic N) is 2. The minimum absolute atomic E-state index is 0.0522. The molecule has 0 bridgehead atoms. The van der Waals surface area contributed by atoms with Gasteiger partial charge in [-0.05, 0) is 11.8 Å². The predicted molar refractivity (Wildman–Crippen MR) is 62.7 cm³/mol. The van der Waals surface area contributed by atoms with Crippen molar-refractivity contribution in [1.29, 1.82) is 0 Å². The van der Waals surface area contributed by atoms with E-state index in [2.05, 4.69) is 36.2 Å². The van der Waals surface area contributed by atoms with Crippen molar-refractivity contribution in [3.8, 4) is 5.88 Å². The molecular formula is C11H20N4O. The van der Waals surface area contributed by atoms with E-state index in [1.165, 1.54) is 0 Å². The first-order valence-corrected chi connectivity index (χ1v) is 5.29. The Labute approximate surface area is 96.4 Å². The molecule has 0 spiro atoms. The van der Waals surface area contributed by atoms with Crippen LogP contribution in [0.3, 0.4) is 0 Å². The third kappa shape index (κ3) is 3.43. The maximum absolute atomic E-state index is 5.56. The topological polar surface area (TPSA) is 73.1 Å². The normalized spacial score (nSPS) is 13.6. The number of ether oxygens (including phenoxy) is 1. The van der Waals surface area contributed by atoms with Gasteiger partial charge in [-0.1, -0.05) is 20.8 Å². The van der Waals surface area contributed by atoms with E-state index in [-0.39, 0.29) is 11.5 Å². The Bertz CT molecular complexity index is 335. The Kier molecular flexibility index (Phi) is 4.20. The Morgan fingerprint density at radius 1 is 1.38 bits per heavy atom. The van der Waals surface area contributed by atoms with Crippen LogP contribution < -0.4 is 16.0 Å². The van der Waals surface area contributed by atoms with E-state index >= 15 is 0 Å².